The molecule has 1 aliphatic heterocycles. The van der Waals surface area contributed by atoms with Crippen molar-refractivity contribution in [2.45, 2.75) is 13.0 Å². The van der Waals surface area contributed by atoms with Gasteiger partial charge in [0.25, 0.3) is 5.70 Å². The Morgan fingerprint density at radius 3 is 2.40 bits per heavy atom. The molecule has 0 saturated carbocycles. The van der Waals surface area contributed by atoms with Crippen LogP contribution in [0.25, 0.3) is 5.57 Å². The second-order valence-electron chi connectivity index (χ2n) is 4.67. The number of ether oxygens (including phenoxy) is 1. The zero-order valence-corrected chi connectivity index (χ0v) is 10.9. The normalized spacial score (nSPS) is 17.4. The number of nitrogens with zero attached hydrogens (tertiary/aromatic N) is 1. The lowest BCUT2D eigenvalue weighted by Gasteiger charge is -2.25. The molecule has 0 amide bonds. The Hall–Kier alpha value is -2.62. The molecule has 2 aromatic rings. The van der Waals surface area contributed by atoms with Crippen LogP contribution in [0.4, 0.5) is 0 Å². The van der Waals surface area contributed by atoms with Gasteiger partial charge in [0.1, 0.15) is 5.75 Å². The molecule has 0 spiro atoms. The molecule has 1 unspecified atom stereocenters. The first-order chi connectivity index (χ1) is 9.68. The van der Waals surface area contributed by atoms with Crippen LogP contribution in [0.3, 0.4) is 0 Å². The number of hydrogen-bond donors (Lipinski definition) is 0. The molecule has 1 heterocycles. The van der Waals surface area contributed by atoms with E-state index in [0.717, 1.165) is 11.1 Å². The molecule has 20 heavy (non-hydrogen) atoms. The lowest BCUT2D eigenvalue weighted by atomic mass is 9.95. The lowest BCUT2D eigenvalue weighted by molar-refractivity contribution is -0.435. The van der Waals surface area contributed by atoms with Crippen molar-refractivity contribution >= 4 is 5.57 Å². The third-order valence-electron chi connectivity index (χ3n) is 3.47. The summed E-state index contributed by atoms with van der Waals surface area (Å²) in [6.07, 6.45) is -0.666. The molecule has 2 aromatic carbocycles. The number of nitro groups is 1. The lowest BCUT2D eigenvalue weighted by Crippen LogP contribution is -2.21. The van der Waals surface area contributed by atoms with Gasteiger partial charge in [-0.05, 0) is 13.0 Å². The van der Waals surface area contributed by atoms with Gasteiger partial charge in [0, 0.05) is 16.7 Å². The maximum Gasteiger partial charge on any atom is 0.294 e. The third kappa shape index (κ3) is 1.95. The average molecular weight is 267 g/mol. The molecule has 4 heteroatoms. The zero-order chi connectivity index (χ0) is 14.1. The second kappa shape index (κ2) is 4.81. The number of fused-ring (bicyclic) bond motifs is 1. The van der Waals surface area contributed by atoms with Crippen LogP contribution < -0.4 is 4.74 Å². The number of allylic oxidation sites excluding steroid dienone is 1. The minimum absolute atomic E-state index is 0.106. The summed E-state index contributed by atoms with van der Waals surface area (Å²) in [7, 11) is 0. The maximum atomic E-state index is 11.4. The van der Waals surface area contributed by atoms with Crippen molar-refractivity contribution in [2.24, 2.45) is 0 Å². The summed E-state index contributed by atoms with van der Waals surface area (Å²) in [6, 6.07) is 16.7. The molecule has 0 aliphatic carbocycles. The first kappa shape index (κ1) is 12.4. The van der Waals surface area contributed by atoms with Crippen molar-refractivity contribution in [3.63, 3.8) is 0 Å². The second-order valence-corrected chi connectivity index (χ2v) is 4.67. The Bertz CT molecular complexity index is 692. The van der Waals surface area contributed by atoms with E-state index >= 15 is 0 Å². The van der Waals surface area contributed by atoms with Crippen molar-refractivity contribution in [1.29, 1.82) is 0 Å². The molecular formula is C16H13NO3. The van der Waals surface area contributed by atoms with E-state index in [1.165, 1.54) is 0 Å². The monoisotopic (exact) mass is 267 g/mol. The van der Waals surface area contributed by atoms with Gasteiger partial charge in [0.15, 0.2) is 0 Å². The standard InChI is InChI=1S/C16H13NO3/c1-11-13-9-5-6-10-14(13)20-16(15(11)17(18)19)12-7-3-2-4-8-12/h2-10,16H,1H3. The van der Waals surface area contributed by atoms with Crippen molar-refractivity contribution < 1.29 is 9.66 Å². The molecular weight excluding hydrogens is 254 g/mol. The molecule has 0 fully saturated rings. The van der Waals surface area contributed by atoms with E-state index in [1.54, 1.807) is 6.92 Å². The fourth-order valence-electron chi connectivity index (χ4n) is 2.48. The van der Waals surface area contributed by atoms with Crippen LogP contribution in [0, 0.1) is 10.1 Å². The van der Waals surface area contributed by atoms with Crippen LogP contribution in [0.2, 0.25) is 0 Å². The topological polar surface area (TPSA) is 52.4 Å². The molecule has 3 rings (SSSR count). The van der Waals surface area contributed by atoms with E-state index in [-0.39, 0.29) is 10.6 Å². The highest BCUT2D eigenvalue weighted by molar-refractivity contribution is 5.73. The van der Waals surface area contributed by atoms with E-state index in [2.05, 4.69) is 0 Å². The van der Waals surface area contributed by atoms with E-state index in [0.29, 0.717) is 11.3 Å². The van der Waals surface area contributed by atoms with E-state index < -0.39 is 6.10 Å². The quantitative estimate of drug-likeness (QED) is 0.613. The van der Waals surface area contributed by atoms with Crippen LogP contribution in [0.5, 0.6) is 5.75 Å². The Labute approximate surface area is 116 Å². The van der Waals surface area contributed by atoms with E-state index in [1.807, 2.05) is 54.6 Å². The van der Waals surface area contributed by atoms with Gasteiger partial charge in [0.05, 0.1) is 4.92 Å². The van der Waals surface area contributed by atoms with Crippen LogP contribution in [-0.4, -0.2) is 4.92 Å². The first-order valence-electron chi connectivity index (χ1n) is 6.34. The molecule has 0 radical (unpaired) electrons. The molecule has 100 valence electrons. The summed E-state index contributed by atoms with van der Waals surface area (Å²) in [5, 5.41) is 11.4. The molecule has 1 aliphatic rings. The Balaban J connectivity index is 2.18. The largest absolute Gasteiger partial charge is 0.474 e. The highest BCUT2D eigenvalue weighted by atomic mass is 16.6. The van der Waals surface area contributed by atoms with Crippen molar-refractivity contribution in [1.82, 2.24) is 0 Å². The van der Waals surface area contributed by atoms with Crippen LogP contribution in [-0.2, 0) is 0 Å². The summed E-state index contributed by atoms with van der Waals surface area (Å²) in [5.74, 6) is 0.685. The van der Waals surface area contributed by atoms with Gasteiger partial charge in [0.2, 0.25) is 6.10 Å². The van der Waals surface area contributed by atoms with Gasteiger partial charge in [-0.15, -0.1) is 0 Å². The van der Waals surface area contributed by atoms with Gasteiger partial charge in [-0.1, -0.05) is 48.5 Å². The van der Waals surface area contributed by atoms with Gasteiger partial charge >= 0.3 is 0 Å². The fourth-order valence-corrected chi connectivity index (χ4v) is 2.48. The molecule has 0 saturated heterocycles. The summed E-state index contributed by atoms with van der Waals surface area (Å²) < 4.78 is 5.86. The highest BCUT2D eigenvalue weighted by Gasteiger charge is 2.36. The highest BCUT2D eigenvalue weighted by Crippen LogP contribution is 2.41. The molecule has 0 N–H and O–H groups in total. The number of para-hydroxylation sites is 1. The van der Waals surface area contributed by atoms with Crippen molar-refractivity contribution in [3.8, 4) is 5.75 Å². The SMILES string of the molecule is CC1=C([N+](=O)[O-])C(c2ccccc2)Oc2ccccc21. The summed E-state index contributed by atoms with van der Waals surface area (Å²) in [4.78, 5) is 11.1. The predicted octanol–water partition coefficient (Wildman–Crippen LogP) is 3.83. The summed E-state index contributed by atoms with van der Waals surface area (Å²) in [5.41, 5.74) is 2.33. The smallest absolute Gasteiger partial charge is 0.294 e. The van der Waals surface area contributed by atoms with Crippen LogP contribution in [0.1, 0.15) is 24.2 Å². The molecule has 0 bridgehead atoms. The minimum atomic E-state index is -0.666. The van der Waals surface area contributed by atoms with Gasteiger partial charge in [-0.2, -0.15) is 0 Å². The average Bonchev–Trinajstić information content (AvgIpc) is 2.47. The predicted molar refractivity (Wildman–Crippen MR) is 75.8 cm³/mol. The van der Waals surface area contributed by atoms with Crippen molar-refractivity contribution in [3.05, 3.63) is 81.5 Å². The molecule has 4 nitrogen and oxygen atoms in total. The van der Waals surface area contributed by atoms with E-state index in [9.17, 15) is 10.1 Å². The fraction of sp³-hybridized carbons (Fsp3) is 0.125. The number of benzene rings is 2. The van der Waals surface area contributed by atoms with Gasteiger partial charge in [-0.3, -0.25) is 10.1 Å². The Kier molecular flexibility index (Phi) is 2.99. The molecule has 0 aromatic heterocycles. The number of hydrogen-bond acceptors (Lipinski definition) is 3. The number of rotatable bonds is 2. The molecule has 1 atom stereocenters. The minimum Gasteiger partial charge on any atom is -0.474 e. The first-order valence-corrected chi connectivity index (χ1v) is 6.34. The van der Waals surface area contributed by atoms with Gasteiger partial charge < -0.3 is 4.74 Å². The Morgan fingerprint density at radius 2 is 1.70 bits per heavy atom. The van der Waals surface area contributed by atoms with E-state index in [4.69, 9.17) is 4.74 Å². The van der Waals surface area contributed by atoms with Crippen LogP contribution in [0.15, 0.2) is 60.3 Å². The third-order valence-corrected chi connectivity index (χ3v) is 3.47. The summed E-state index contributed by atoms with van der Waals surface area (Å²) >= 11 is 0. The van der Waals surface area contributed by atoms with Crippen LogP contribution >= 0.6 is 0 Å². The Morgan fingerprint density at radius 1 is 1.05 bits per heavy atom. The van der Waals surface area contributed by atoms with Gasteiger partial charge in [-0.25, -0.2) is 0 Å². The zero-order valence-electron chi connectivity index (χ0n) is 10.9. The van der Waals surface area contributed by atoms with Crippen molar-refractivity contribution in [2.75, 3.05) is 0 Å². The summed E-state index contributed by atoms with van der Waals surface area (Å²) in [6.45, 7) is 1.77. The maximum absolute atomic E-state index is 11.4.